The van der Waals surface area contributed by atoms with E-state index in [0.717, 1.165) is 5.56 Å². The van der Waals surface area contributed by atoms with Crippen molar-refractivity contribution in [2.75, 3.05) is 0 Å². The van der Waals surface area contributed by atoms with Gasteiger partial charge in [0.05, 0.1) is 0 Å². The molecule has 0 fully saturated rings. The maximum atomic E-state index is 5.91. The van der Waals surface area contributed by atoms with Gasteiger partial charge >= 0.3 is 0 Å². The summed E-state index contributed by atoms with van der Waals surface area (Å²) in [6.07, 6.45) is 1.08. The fourth-order valence-electron chi connectivity index (χ4n) is 2.26. The molecule has 0 amide bonds. The highest BCUT2D eigenvalue weighted by atomic mass is 35.5. The first-order valence-corrected chi connectivity index (χ1v) is 7.90. The molecule has 0 aliphatic carbocycles. The van der Waals surface area contributed by atoms with Crippen molar-refractivity contribution in [2.45, 2.75) is 12.8 Å². The predicted octanol–water partition coefficient (Wildman–Crippen LogP) is 3.27. The van der Waals surface area contributed by atoms with Crippen LogP contribution < -0.4 is 0 Å². The summed E-state index contributed by atoms with van der Waals surface area (Å²) < 4.78 is 6.90. The van der Waals surface area contributed by atoms with Gasteiger partial charge in [-0.05, 0) is 36.4 Å². The highest BCUT2D eigenvalue weighted by molar-refractivity contribution is 6.30. The molecule has 120 valence electrons. The highest BCUT2D eigenvalue weighted by Crippen LogP contribution is 2.19. The van der Waals surface area contributed by atoms with E-state index in [1.165, 1.54) is 0 Å². The number of benzene rings is 1. The molecule has 7 nitrogen and oxygen atoms in total. The molecule has 24 heavy (non-hydrogen) atoms. The Kier molecular flexibility index (Phi) is 3.87. The van der Waals surface area contributed by atoms with Gasteiger partial charge in [0.1, 0.15) is 5.15 Å². The van der Waals surface area contributed by atoms with Gasteiger partial charge in [-0.3, -0.25) is 0 Å². The molecule has 0 aliphatic rings. The SMILES string of the molecule is Clc1ccc(-c2noc(CCc3nnc4ccc(Cl)nn34)n2)cc1. The molecule has 4 rings (SSSR count). The Morgan fingerprint density at radius 3 is 2.62 bits per heavy atom. The Bertz CT molecular complexity index is 995. The van der Waals surface area contributed by atoms with Crippen molar-refractivity contribution in [3.8, 4) is 11.4 Å². The average molecular weight is 361 g/mol. The molecule has 0 saturated heterocycles. The minimum atomic E-state index is 0.381. The van der Waals surface area contributed by atoms with Crippen LogP contribution in [0.1, 0.15) is 11.7 Å². The number of aromatic nitrogens is 6. The zero-order valence-electron chi connectivity index (χ0n) is 12.2. The second-order valence-electron chi connectivity index (χ2n) is 5.06. The van der Waals surface area contributed by atoms with Crippen LogP contribution in [0, 0.1) is 0 Å². The summed E-state index contributed by atoms with van der Waals surface area (Å²) >= 11 is 11.8. The molecule has 0 saturated carbocycles. The monoisotopic (exact) mass is 360 g/mol. The molecule has 0 N–H and O–H groups in total. The van der Waals surface area contributed by atoms with Crippen LogP contribution in [0.2, 0.25) is 10.2 Å². The molecule has 0 bridgehead atoms. The second-order valence-corrected chi connectivity index (χ2v) is 5.88. The molecule has 9 heteroatoms. The number of nitrogens with zero attached hydrogens (tertiary/aromatic N) is 6. The maximum Gasteiger partial charge on any atom is 0.227 e. The van der Waals surface area contributed by atoms with E-state index in [9.17, 15) is 0 Å². The predicted molar refractivity (Wildman–Crippen MR) is 87.9 cm³/mol. The first-order valence-electron chi connectivity index (χ1n) is 7.14. The zero-order chi connectivity index (χ0) is 16.5. The third-order valence-corrected chi connectivity index (χ3v) is 3.88. The number of rotatable bonds is 4. The maximum absolute atomic E-state index is 5.91. The van der Waals surface area contributed by atoms with Gasteiger partial charge in [-0.15, -0.1) is 10.2 Å². The van der Waals surface area contributed by atoms with Crippen LogP contribution in [0.5, 0.6) is 0 Å². The van der Waals surface area contributed by atoms with E-state index >= 15 is 0 Å². The first kappa shape index (κ1) is 15.0. The smallest absolute Gasteiger partial charge is 0.227 e. The number of aryl methyl sites for hydroxylation is 2. The molecular weight excluding hydrogens is 351 g/mol. The van der Waals surface area contributed by atoms with Crippen LogP contribution in [0.3, 0.4) is 0 Å². The second kappa shape index (κ2) is 6.18. The Labute approximate surface area is 146 Å². The lowest BCUT2D eigenvalue weighted by atomic mass is 10.2. The van der Waals surface area contributed by atoms with Crippen molar-refractivity contribution in [1.82, 2.24) is 30.0 Å². The quantitative estimate of drug-likeness (QED) is 0.555. The van der Waals surface area contributed by atoms with Crippen molar-refractivity contribution < 1.29 is 4.52 Å². The Balaban J connectivity index is 1.51. The molecule has 3 aromatic heterocycles. The number of fused-ring (bicyclic) bond motifs is 1. The largest absolute Gasteiger partial charge is 0.339 e. The minimum Gasteiger partial charge on any atom is -0.339 e. The normalized spacial score (nSPS) is 11.2. The summed E-state index contributed by atoms with van der Waals surface area (Å²) in [6, 6.07) is 10.7. The molecule has 0 unspecified atom stereocenters. The van der Waals surface area contributed by atoms with Gasteiger partial charge in [-0.2, -0.15) is 14.6 Å². The van der Waals surface area contributed by atoms with Crippen molar-refractivity contribution in [3.05, 3.63) is 58.3 Å². The van der Waals surface area contributed by atoms with Crippen LogP contribution in [0.15, 0.2) is 40.9 Å². The van der Waals surface area contributed by atoms with Crippen LogP contribution in [-0.4, -0.2) is 30.0 Å². The average Bonchev–Trinajstić information content (AvgIpc) is 3.20. The van der Waals surface area contributed by atoms with Crippen LogP contribution in [0.4, 0.5) is 0 Å². The molecule has 0 atom stereocenters. The Morgan fingerprint density at radius 2 is 1.79 bits per heavy atom. The summed E-state index contributed by atoms with van der Waals surface area (Å²) in [4.78, 5) is 4.38. The minimum absolute atomic E-state index is 0.381. The van der Waals surface area contributed by atoms with Gasteiger partial charge in [-0.1, -0.05) is 28.4 Å². The van der Waals surface area contributed by atoms with Gasteiger partial charge in [0.2, 0.25) is 11.7 Å². The Hall–Kier alpha value is -2.51. The number of hydrogen-bond acceptors (Lipinski definition) is 6. The van der Waals surface area contributed by atoms with Crippen LogP contribution in [0.25, 0.3) is 17.0 Å². The highest BCUT2D eigenvalue weighted by Gasteiger charge is 2.12. The van der Waals surface area contributed by atoms with E-state index in [0.29, 0.717) is 46.2 Å². The fraction of sp³-hybridized carbons (Fsp3) is 0.133. The van der Waals surface area contributed by atoms with Crippen molar-refractivity contribution in [3.63, 3.8) is 0 Å². The van der Waals surface area contributed by atoms with Crippen molar-refractivity contribution >= 4 is 28.8 Å². The van der Waals surface area contributed by atoms with Gasteiger partial charge in [0, 0.05) is 23.4 Å². The fourth-order valence-corrected chi connectivity index (χ4v) is 2.52. The summed E-state index contributed by atoms with van der Waals surface area (Å²) in [7, 11) is 0. The topological polar surface area (TPSA) is 82.0 Å². The van der Waals surface area contributed by atoms with Gasteiger partial charge in [-0.25, -0.2) is 0 Å². The van der Waals surface area contributed by atoms with E-state index in [-0.39, 0.29) is 0 Å². The van der Waals surface area contributed by atoms with Gasteiger partial charge < -0.3 is 4.52 Å². The molecule has 3 heterocycles. The summed E-state index contributed by atoms with van der Waals surface area (Å²) in [5.74, 6) is 1.71. The summed E-state index contributed by atoms with van der Waals surface area (Å²) in [6.45, 7) is 0. The summed E-state index contributed by atoms with van der Waals surface area (Å²) in [5.41, 5.74) is 1.48. The van der Waals surface area contributed by atoms with E-state index < -0.39 is 0 Å². The van der Waals surface area contributed by atoms with Crippen LogP contribution >= 0.6 is 23.2 Å². The number of halogens is 2. The zero-order valence-corrected chi connectivity index (χ0v) is 13.7. The summed E-state index contributed by atoms with van der Waals surface area (Å²) in [5, 5.41) is 17.4. The lowest BCUT2D eigenvalue weighted by Crippen LogP contribution is -2.01. The molecule has 4 aromatic rings. The van der Waals surface area contributed by atoms with Gasteiger partial charge in [0.25, 0.3) is 0 Å². The molecule has 1 aromatic carbocycles. The number of hydrogen-bond donors (Lipinski definition) is 0. The molecule has 0 aliphatic heterocycles. The van der Waals surface area contributed by atoms with Gasteiger partial charge in [0.15, 0.2) is 11.5 Å². The van der Waals surface area contributed by atoms with Crippen molar-refractivity contribution in [1.29, 1.82) is 0 Å². The van der Waals surface area contributed by atoms with E-state index in [2.05, 4.69) is 25.4 Å². The molecular formula is C15H10Cl2N6O. The molecule has 0 spiro atoms. The standard InChI is InChI=1S/C15H10Cl2N6O/c16-10-3-1-9(2-4-10)15-18-14(24-22-15)8-7-13-20-19-12-6-5-11(17)21-23(12)13/h1-6H,7-8H2. The lowest BCUT2D eigenvalue weighted by Gasteiger charge is -1.97. The van der Waals surface area contributed by atoms with Crippen LogP contribution in [-0.2, 0) is 12.8 Å². The van der Waals surface area contributed by atoms with Crippen molar-refractivity contribution in [2.24, 2.45) is 0 Å². The third-order valence-electron chi connectivity index (χ3n) is 3.43. The lowest BCUT2D eigenvalue weighted by molar-refractivity contribution is 0.377. The third kappa shape index (κ3) is 2.95. The molecule has 0 radical (unpaired) electrons. The van der Waals surface area contributed by atoms with E-state index in [4.69, 9.17) is 27.7 Å². The van der Waals surface area contributed by atoms with E-state index in [1.807, 2.05) is 12.1 Å². The van der Waals surface area contributed by atoms with E-state index in [1.54, 1.807) is 28.8 Å². The Morgan fingerprint density at radius 1 is 0.958 bits per heavy atom. The first-order chi connectivity index (χ1) is 11.7.